The lowest BCUT2D eigenvalue weighted by Gasteiger charge is -2.24. The van der Waals surface area contributed by atoms with Gasteiger partial charge in [0, 0.05) is 12.4 Å². The van der Waals surface area contributed by atoms with E-state index in [-0.39, 0.29) is 0 Å². The normalized spacial score (nSPS) is 10.4. The summed E-state index contributed by atoms with van der Waals surface area (Å²) in [5, 5.41) is 0. The predicted molar refractivity (Wildman–Crippen MR) is 69.7 cm³/mol. The standard InChI is InChI=1S/C14H18N2O2/c1-5-9-16(13(17)18-14(2,3)4)11-12-7-6-8-15-10-12/h6-10H,1,11H2,2-4H3. The van der Waals surface area contributed by atoms with Gasteiger partial charge in [-0.25, -0.2) is 4.79 Å². The molecule has 4 heteroatoms. The zero-order valence-electron chi connectivity index (χ0n) is 11.0. The van der Waals surface area contributed by atoms with Crippen LogP contribution < -0.4 is 0 Å². The summed E-state index contributed by atoms with van der Waals surface area (Å²) in [6.07, 6.45) is 4.43. The van der Waals surface area contributed by atoms with E-state index in [4.69, 9.17) is 4.74 Å². The summed E-state index contributed by atoms with van der Waals surface area (Å²) >= 11 is 0. The number of nitrogens with zero attached hydrogens (tertiary/aromatic N) is 2. The molecule has 0 N–H and O–H groups in total. The van der Waals surface area contributed by atoms with E-state index in [1.54, 1.807) is 12.4 Å². The van der Waals surface area contributed by atoms with Crippen molar-refractivity contribution in [3.8, 4) is 0 Å². The summed E-state index contributed by atoms with van der Waals surface area (Å²) in [5.41, 5.74) is 2.97. The Labute approximate surface area is 108 Å². The fraction of sp³-hybridized carbons (Fsp3) is 0.357. The van der Waals surface area contributed by atoms with E-state index >= 15 is 0 Å². The van der Waals surface area contributed by atoms with Gasteiger partial charge < -0.3 is 4.74 Å². The maximum atomic E-state index is 11.9. The molecule has 0 saturated heterocycles. The third-order valence-corrected chi connectivity index (χ3v) is 1.95. The molecule has 0 aliphatic rings. The van der Waals surface area contributed by atoms with Gasteiger partial charge in [0.1, 0.15) is 5.60 Å². The quantitative estimate of drug-likeness (QED) is 0.769. The number of rotatable bonds is 3. The third kappa shape index (κ3) is 4.85. The van der Waals surface area contributed by atoms with Gasteiger partial charge >= 0.3 is 6.09 Å². The van der Waals surface area contributed by atoms with Crippen LogP contribution in [0.2, 0.25) is 0 Å². The minimum absolute atomic E-state index is 0.380. The van der Waals surface area contributed by atoms with Crippen LogP contribution in [-0.2, 0) is 11.3 Å². The molecule has 0 saturated carbocycles. The molecule has 1 rings (SSSR count). The molecule has 0 spiro atoms. The van der Waals surface area contributed by atoms with E-state index in [9.17, 15) is 4.79 Å². The second-order valence-electron chi connectivity index (χ2n) is 4.80. The van der Waals surface area contributed by atoms with Crippen molar-refractivity contribution in [2.45, 2.75) is 32.9 Å². The topological polar surface area (TPSA) is 42.4 Å². The highest BCUT2D eigenvalue weighted by atomic mass is 16.6. The summed E-state index contributed by atoms with van der Waals surface area (Å²) in [5.74, 6) is 0. The van der Waals surface area contributed by atoms with Crippen molar-refractivity contribution in [2.24, 2.45) is 0 Å². The van der Waals surface area contributed by atoms with Crippen LogP contribution in [-0.4, -0.2) is 21.6 Å². The first-order valence-corrected chi connectivity index (χ1v) is 5.67. The van der Waals surface area contributed by atoms with Crippen molar-refractivity contribution in [3.05, 3.63) is 48.6 Å². The van der Waals surface area contributed by atoms with Crippen LogP contribution in [0.1, 0.15) is 26.3 Å². The molecule has 1 amide bonds. The van der Waals surface area contributed by atoms with Gasteiger partial charge in [0.05, 0.1) is 12.7 Å². The smallest absolute Gasteiger partial charge is 0.415 e. The van der Waals surface area contributed by atoms with Gasteiger partial charge in [0.15, 0.2) is 0 Å². The fourth-order valence-corrected chi connectivity index (χ4v) is 1.28. The summed E-state index contributed by atoms with van der Waals surface area (Å²) in [4.78, 5) is 17.4. The van der Waals surface area contributed by atoms with Gasteiger partial charge in [-0.3, -0.25) is 9.88 Å². The molecule has 0 fully saturated rings. The minimum atomic E-state index is -0.528. The number of ether oxygens (including phenoxy) is 1. The van der Waals surface area contributed by atoms with Gasteiger partial charge in [0.2, 0.25) is 0 Å². The first-order valence-electron chi connectivity index (χ1n) is 5.67. The molecule has 1 aromatic heterocycles. The summed E-state index contributed by atoms with van der Waals surface area (Å²) < 4.78 is 5.29. The summed E-state index contributed by atoms with van der Waals surface area (Å²) in [6, 6.07) is 3.71. The fourth-order valence-electron chi connectivity index (χ4n) is 1.28. The van der Waals surface area contributed by atoms with Crippen LogP contribution in [0.3, 0.4) is 0 Å². The monoisotopic (exact) mass is 246 g/mol. The molecule has 1 heterocycles. The number of carbonyl (C=O) groups is 1. The molecule has 0 radical (unpaired) electrons. The van der Waals surface area contributed by atoms with Crippen LogP contribution in [0.25, 0.3) is 0 Å². The number of aromatic nitrogens is 1. The number of hydrogen-bond donors (Lipinski definition) is 0. The first-order chi connectivity index (χ1) is 8.42. The molecule has 4 nitrogen and oxygen atoms in total. The Morgan fingerprint density at radius 1 is 1.61 bits per heavy atom. The van der Waals surface area contributed by atoms with E-state index < -0.39 is 11.7 Å². The average molecular weight is 246 g/mol. The van der Waals surface area contributed by atoms with Crippen molar-refractivity contribution >= 4 is 6.09 Å². The third-order valence-electron chi connectivity index (χ3n) is 1.95. The van der Waals surface area contributed by atoms with Crippen LogP contribution in [0.5, 0.6) is 0 Å². The van der Waals surface area contributed by atoms with E-state index in [1.165, 1.54) is 11.1 Å². The van der Waals surface area contributed by atoms with Crippen molar-refractivity contribution in [3.63, 3.8) is 0 Å². The Kier molecular flexibility index (Phi) is 4.69. The maximum Gasteiger partial charge on any atom is 0.415 e. The highest BCUT2D eigenvalue weighted by Gasteiger charge is 2.20. The van der Waals surface area contributed by atoms with Gasteiger partial charge in [0.25, 0.3) is 0 Å². The highest BCUT2D eigenvalue weighted by Crippen LogP contribution is 2.12. The Hall–Kier alpha value is -2.06. The van der Waals surface area contributed by atoms with Crippen LogP contribution in [0.4, 0.5) is 4.79 Å². The number of pyridine rings is 1. The van der Waals surface area contributed by atoms with Crippen LogP contribution in [0.15, 0.2) is 43.0 Å². The molecular formula is C14H18N2O2. The number of hydrogen-bond acceptors (Lipinski definition) is 3. The molecule has 0 unspecified atom stereocenters. The Morgan fingerprint density at radius 2 is 2.33 bits per heavy atom. The lowest BCUT2D eigenvalue weighted by Crippen LogP contribution is -2.33. The molecule has 0 aliphatic carbocycles. The maximum absolute atomic E-state index is 11.9. The van der Waals surface area contributed by atoms with Crippen molar-refractivity contribution in [2.75, 3.05) is 0 Å². The largest absolute Gasteiger partial charge is 0.443 e. The molecular weight excluding hydrogens is 228 g/mol. The number of carbonyl (C=O) groups excluding carboxylic acids is 1. The van der Waals surface area contributed by atoms with E-state index in [0.29, 0.717) is 6.54 Å². The van der Waals surface area contributed by atoms with Gasteiger partial charge in [-0.15, -0.1) is 5.73 Å². The van der Waals surface area contributed by atoms with Gasteiger partial charge in [-0.1, -0.05) is 12.6 Å². The Balaban J connectivity index is 2.77. The van der Waals surface area contributed by atoms with Crippen LogP contribution in [0, 0.1) is 0 Å². The second-order valence-corrected chi connectivity index (χ2v) is 4.80. The zero-order valence-corrected chi connectivity index (χ0v) is 11.0. The Morgan fingerprint density at radius 3 is 2.83 bits per heavy atom. The molecule has 0 aromatic carbocycles. The summed E-state index contributed by atoms with van der Waals surface area (Å²) in [7, 11) is 0. The average Bonchev–Trinajstić information content (AvgIpc) is 2.27. The first kappa shape index (κ1) is 14.0. The SMILES string of the molecule is C=C=CN(Cc1cccnc1)C(=O)OC(C)(C)C. The van der Waals surface area contributed by atoms with Gasteiger partial charge in [-0.2, -0.15) is 0 Å². The minimum Gasteiger partial charge on any atom is -0.443 e. The lowest BCUT2D eigenvalue weighted by atomic mass is 10.2. The number of amides is 1. The summed E-state index contributed by atoms with van der Waals surface area (Å²) in [6.45, 7) is 9.33. The molecule has 0 aliphatic heterocycles. The van der Waals surface area contributed by atoms with E-state index in [1.807, 2.05) is 32.9 Å². The van der Waals surface area contributed by atoms with Crippen molar-refractivity contribution in [1.29, 1.82) is 0 Å². The van der Waals surface area contributed by atoms with E-state index in [0.717, 1.165) is 5.56 Å². The highest BCUT2D eigenvalue weighted by molar-refractivity contribution is 5.69. The van der Waals surface area contributed by atoms with Crippen molar-refractivity contribution in [1.82, 2.24) is 9.88 Å². The second kappa shape index (κ2) is 6.03. The molecule has 0 atom stereocenters. The lowest BCUT2D eigenvalue weighted by molar-refractivity contribution is 0.0323. The molecule has 96 valence electrons. The molecule has 18 heavy (non-hydrogen) atoms. The Bertz CT molecular complexity index is 443. The van der Waals surface area contributed by atoms with Crippen LogP contribution >= 0.6 is 0 Å². The molecule has 0 bridgehead atoms. The zero-order chi connectivity index (χ0) is 13.6. The van der Waals surface area contributed by atoms with Crippen molar-refractivity contribution < 1.29 is 9.53 Å². The predicted octanol–water partition coefficient (Wildman–Crippen LogP) is 3.12. The van der Waals surface area contributed by atoms with Gasteiger partial charge in [-0.05, 0) is 32.4 Å². The molecule has 1 aromatic rings. The van der Waals surface area contributed by atoms with E-state index in [2.05, 4.69) is 17.3 Å².